The third-order valence-corrected chi connectivity index (χ3v) is 4.86. The minimum absolute atomic E-state index is 0.508. The molecule has 1 atom stereocenters. The Balaban J connectivity index is 1.72. The van der Waals surface area contributed by atoms with Crippen molar-refractivity contribution in [2.75, 3.05) is 26.7 Å². The molecule has 0 N–H and O–H groups in total. The molecule has 0 spiro atoms. The highest BCUT2D eigenvalue weighted by molar-refractivity contribution is 4.81. The van der Waals surface area contributed by atoms with Crippen LogP contribution in [0.25, 0.3) is 0 Å². The summed E-state index contributed by atoms with van der Waals surface area (Å²) in [6.07, 6.45) is 22.8. The Morgan fingerprint density at radius 1 is 0.870 bits per heavy atom. The van der Waals surface area contributed by atoms with Gasteiger partial charge in [-0.2, -0.15) is 0 Å². The second kappa shape index (κ2) is 15.2. The number of rotatable bonds is 15. The summed E-state index contributed by atoms with van der Waals surface area (Å²) in [4.78, 5) is 2.37. The molecule has 0 aromatic carbocycles. The molecular formula is C21H41NO. The lowest BCUT2D eigenvalue weighted by molar-refractivity contribution is 0.0581. The predicted molar refractivity (Wildman–Crippen MR) is 102 cm³/mol. The van der Waals surface area contributed by atoms with Crippen molar-refractivity contribution < 1.29 is 4.74 Å². The number of likely N-dealkylation sites (tertiary alicyclic amines) is 1. The normalized spacial score (nSPS) is 19.1. The fraction of sp³-hybridized carbons (Fsp3) is 0.905. The van der Waals surface area contributed by atoms with E-state index < -0.39 is 0 Å². The third kappa shape index (κ3) is 12.7. The highest BCUT2D eigenvalue weighted by atomic mass is 16.5. The second-order valence-corrected chi connectivity index (χ2v) is 7.27. The Hall–Kier alpha value is -0.340. The molecule has 2 nitrogen and oxygen atoms in total. The van der Waals surface area contributed by atoms with E-state index in [1.807, 2.05) is 0 Å². The molecule has 1 aliphatic rings. The average Bonchev–Trinajstić information content (AvgIpc) is 2.96. The standard InChI is InChI=1S/C21H41NO/c1-3-4-5-6-7-8-9-10-11-12-13-14-15-16-19-23-21-17-18-22(2)20-21/h8-9,21H,3-7,10-20H2,1-2H3/b9-8-. The molecule has 136 valence electrons. The van der Waals surface area contributed by atoms with Crippen LogP contribution >= 0.6 is 0 Å². The summed E-state index contributed by atoms with van der Waals surface area (Å²) in [6.45, 7) is 5.58. The van der Waals surface area contributed by atoms with Crippen LogP contribution in [0, 0.1) is 0 Å². The maximum atomic E-state index is 5.93. The zero-order chi connectivity index (χ0) is 16.6. The van der Waals surface area contributed by atoms with E-state index in [9.17, 15) is 0 Å². The van der Waals surface area contributed by atoms with E-state index in [0.29, 0.717) is 6.10 Å². The molecule has 1 aliphatic heterocycles. The van der Waals surface area contributed by atoms with Crippen LogP contribution in [-0.2, 0) is 4.74 Å². The van der Waals surface area contributed by atoms with Crippen LogP contribution < -0.4 is 0 Å². The van der Waals surface area contributed by atoms with Crippen molar-refractivity contribution in [3.05, 3.63) is 12.2 Å². The lowest BCUT2D eigenvalue weighted by atomic mass is 10.1. The number of hydrogen-bond donors (Lipinski definition) is 0. The summed E-state index contributed by atoms with van der Waals surface area (Å²) in [5.41, 5.74) is 0. The average molecular weight is 324 g/mol. The van der Waals surface area contributed by atoms with Crippen LogP contribution in [0.2, 0.25) is 0 Å². The van der Waals surface area contributed by atoms with Gasteiger partial charge >= 0.3 is 0 Å². The Kier molecular flexibility index (Phi) is 13.7. The molecule has 1 fully saturated rings. The monoisotopic (exact) mass is 323 g/mol. The molecule has 0 amide bonds. The number of unbranched alkanes of at least 4 members (excludes halogenated alkanes) is 10. The van der Waals surface area contributed by atoms with Crippen molar-refractivity contribution in [3.8, 4) is 0 Å². The van der Waals surface area contributed by atoms with Gasteiger partial charge in [0.25, 0.3) is 0 Å². The molecule has 0 radical (unpaired) electrons. The summed E-state index contributed by atoms with van der Waals surface area (Å²) < 4.78 is 5.93. The topological polar surface area (TPSA) is 12.5 Å². The number of allylic oxidation sites excluding steroid dienone is 2. The molecule has 2 heteroatoms. The molecule has 0 aliphatic carbocycles. The van der Waals surface area contributed by atoms with E-state index in [1.165, 1.54) is 90.0 Å². The van der Waals surface area contributed by atoms with Gasteiger partial charge in [-0.3, -0.25) is 0 Å². The fourth-order valence-electron chi connectivity index (χ4n) is 3.28. The van der Waals surface area contributed by atoms with E-state index in [0.717, 1.165) is 13.2 Å². The Morgan fingerprint density at radius 3 is 2.09 bits per heavy atom. The molecule has 0 aromatic heterocycles. The molecule has 0 saturated carbocycles. The molecular weight excluding hydrogens is 282 g/mol. The first-order chi connectivity index (χ1) is 11.3. The molecule has 0 aromatic rings. The number of hydrogen-bond acceptors (Lipinski definition) is 2. The first kappa shape index (κ1) is 20.7. The van der Waals surface area contributed by atoms with Crippen LogP contribution in [0.15, 0.2) is 12.2 Å². The molecule has 0 bridgehead atoms. The quantitative estimate of drug-likeness (QED) is 0.272. The van der Waals surface area contributed by atoms with E-state index in [2.05, 4.69) is 31.0 Å². The predicted octanol–water partition coefficient (Wildman–Crippen LogP) is 5.96. The van der Waals surface area contributed by atoms with Crippen molar-refractivity contribution in [2.45, 2.75) is 96.5 Å². The number of nitrogens with zero attached hydrogens (tertiary/aromatic N) is 1. The van der Waals surface area contributed by atoms with Crippen LogP contribution in [0.4, 0.5) is 0 Å². The first-order valence-corrected chi connectivity index (χ1v) is 10.3. The Bertz CT molecular complexity index is 277. The van der Waals surface area contributed by atoms with Gasteiger partial charge in [0.1, 0.15) is 0 Å². The van der Waals surface area contributed by atoms with E-state index in [1.54, 1.807) is 0 Å². The van der Waals surface area contributed by atoms with Crippen molar-refractivity contribution in [1.82, 2.24) is 4.90 Å². The summed E-state index contributed by atoms with van der Waals surface area (Å²) >= 11 is 0. The van der Waals surface area contributed by atoms with Crippen LogP contribution in [-0.4, -0.2) is 37.7 Å². The van der Waals surface area contributed by atoms with Gasteiger partial charge in [0.2, 0.25) is 0 Å². The minimum atomic E-state index is 0.508. The van der Waals surface area contributed by atoms with Crippen molar-refractivity contribution in [1.29, 1.82) is 0 Å². The van der Waals surface area contributed by atoms with Crippen molar-refractivity contribution >= 4 is 0 Å². The molecule has 23 heavy (non-hydrogen) atoms. The zero-order valence-electron chi connectivity index (χ0n) is 15.9. The second-order valence-electron chi connectivity index (χ2n) is 7.27. The fourth-order valence-corrected chi connectivity index (χ4v) is 3.28. The van der Waals surface area contributed by atoms with Crippen molar-refractivity contribution in [2.24, 2.45) is 0 Å². The van der Waals surface area contributed by atoms with Crippen LogP contribution in [0.1, 0.15) is 90.4 Å². The Labute approximate surface area is 145 Å². The summed E-state index contributed by atoms with van der Waals surface area (Å²) in [5, 5.41) is 0. The lowest BCUT2D eigenvalue weighted by Gasteiger charge is -2.11. The van der Waals surface area contributed by atoms with Gasteiger partial charge in [0, 0.05) is 19.7 Å². The summed E-state index contributed by atoms with van der Waals surface area (Å²) in [5.74, 6) is 0. The lowest BCUT2D eigenvalue weighted by Crippen LogP contribution is -2.19. The van der Waals surface area contributed by atoms with Gasteiger partial charge in [-0.25, -0.2) is 0 Å². The van der Waals surface area contributed by atoms with E-state index in [-0.39, 0.29) is 0 Å². The zero-order valence-corrected chi connectivity index (χ0v) is 15.9. The first-order valence-electron chi connectivity index (χ1n) is 10.3. The maximum absolute atomic E-state index is 5.93. The highest BCUT2D eigenvalue weighted by Crippen LogP contribution is 2.12. The number of likely N-dealkylation sites (N-methyl/N-ethyl adjacent to an activating group) is 1. The van der Waals surface area contributed by atoms with Crippen LogP contribution in [0.5, 0.6) is 0 Å². The third-order valence-electron chi connectivity index (χ3n) is 4.86. The molecule has 1 heterocycles. The van der Waals surface area contributed by atoms with E-state index >= 15 is 0 Å². The summed E-state index contributed by atoms with van der Waals surface area (Å²) in [6, 6.07) is 0. The van der Waals surface area contributed by atoms with Crippen molar-refractivity contribution in [3.63, 3.8) is 0 Å². The largest absolute Gasteiger partial charge is 0.377 e. The SMILES string of the molecule is CCCCCC/C=C\CCCCCCCCOC1CCN(C)C1. The minimum Gasteiger partial charge on any atom is -0.377 e. The van der Waals surface area contributed by atoms with Gasteiger partial charge in [-0.05, 0) is 45.6 Å². The van der Waals surface area contributed by atoms with Gasteiger partial charge in [0.05, 0.1) is 6.10 Å². The Morgan fingerprint density at radius 2 is 1.48 bits per heavy atom. The molecule has 1 rings (SSSR count). The summed E-state index contributed by atoms with van der Waals surface area (Å²) in [7, 11) is 2.19. The van der Waals surface area contributed by atoms with Gasteiger partial charge in [0.15, 0.2) is 0 Å². The van der Waals surface area contributed by atoms with Gasteiger partial charge in [-0.1, -0.05) is 64.0 Å². The smallest absolute Gasteiger partial charge is 0.0714 e. The van der Waals surface area contributed by atoms with E-state index in [4.69, 9.17) is 4.74 Å². The van der Waals surface area contributed by atoms with Gasteiger partial charge < -0.3 is 9.64 Å². The molecule has 1 unspecified atom stereocenters. The number of ether oxygens (including phenoxy) is 1. The highest BCUT2D eigenvalue weighted by Gasteiger charge is 2.19. The molecule has 1 saturated heterocycles. The van der Waals surface area contributed by atoms with Crippen LogP contribution in [0.3, 0.4) is 0 Å². The maximum Gasteiger partial charge on any atom is 0.0714 e. The van der Waals surface area contributed by atoms with Gasteiger partial charge in [-0.15, -0.1) is 0 Å².